The number of nitrogens with zero attached hydrogens (tertiary/aromatic N) is 4. The Morgan fingerprint density at radius 2 is 1.33 bits per heavy atom. The molecule has 3 heterocycles. The minimum Gasteiger partial charge on any atom is -0.450 e. The van der Waals surface area contributed by atoms with E-state index in [0.29, 0.717) is 24.4 Å². The van der Waals surface area contributed by atoms with Crippen molar-refractivity contribution in [1.29, 1.82) is 0 Å². The molecule has 15 heteroatoms. The SMILES string of the molecule is CC(C)(C)[Si](C)(C)OC[C@H]1O[C@@H](n2cnc3c(NC(=O)OCC[Si](C)(C)C)ncnc32)[C@H](O[Si](C)(C)C(C)(C)C)[C@@H]1O[Si](C)(C)C(C)(C)C. The van der Waals surface area contributed by atoms with E-state index in [1.807, 2.05) is 4.57 Å². The number of carbonyl (C=O) groups excluding carboxylic acids is 1. The molecule has 1 fully saturated rings. The zero-order valence-electron chi connectivity index (χ0n) is 33.8. The molecule has 0 unspecified atom stereocenters. The van der Waals surface area contributed by atoms with Gasteiger partial charge in [-0.3, -0.25) is 9.88 Å². The number of aromatic nitrogens is 4. The van der Waals surface area contributed by atoms with E-state index in [0.717, 1.165) is 6.04 Å². The van der Waals surface area contributed by atoms with Crippen molar-refractivity contribution in [2.45, 2.75) is 167 Å². The molecule has 0 aromatic carbocycles. The second kappa shape index (κ2) is 14.5. The fourth-order valence-corrected chi connectivity index (χ4v) is 8.92. The van der Waals surface area contributed by atoms with Gasteiger partial charge in [-0.2, -0.15) is 0 Å². The van der Waals surface area contributed by atoms with Crippen molar-refractivity contribution in [1.82, 2.24) is 19.5 Å². The zero-order chi connectivity index (χ0) is 37.6. The Bertz CT molecular complexity index is 1440. The van der Waals surface area contributed by atoms with E-state index in [2.05, 4.69) is 137 Å². The van der Waals surface area contributed by atoms with Crippen molar-refractivity contribution >= 4 is 56.1 Å². The second-order valence-corrected chi connectivity index (χ2v) is 39.4. The molecule has 1 saturated heterocycles. The normalized spacial score (nSPS) is 21.8. The Morgan fingerprint density at radius 3 is 1.84 bits per heavy atom. The highest BCUT2D eigenvalue weighted by molar-refractivity contribution is 6.76. The third kappa shape index (κ3) is 10.1. The minimum absolute atomic E-state index is 0.0311. The monoisotopic (exact) mass is 753 g/mol. The molecule has 280 valence electrons. The summed E-state index contributed by atoms with van der Waals surface area (Å²) in [5.41, 5.74) is 0.973. The third-order valence-corrected chi connectivity index (χ3v) is 26.3. The highest BCUT2D eigenvalue weighted by Gasteiger charge is 2.55. The number of rotatable bonds is 12. The number of amides is 1. The van der Waals surface area contributed by atoms with Gasteiger partial charge in [0.25, 0.3) is 0 Å². The lowest BCUT2D eigenvalue weighted by molar-refractivity contribution is -0.0470. The maximum absolute atomic E-state index is 12.8. The van der Waals surface area contributed by atoms with E-state index in [-0.39, 0.29) is 33.1 Å². The van der Waals surface area contributed by atoms with Crippen LogP contribution in [0.4, 0.5) is 10.6 Å². The summed E-state index contributed by atoms with van der Waals surface area (Å²) in [4.78, 5) is 26.4. The summed E-state index contributed by atoms with van der Waals surface area (Å²) in [7, 11) is -8.12. The summed E-state index contributed by atoms with van der Waals surface area (Å²) in [6, 6.07) is 0.876. The van der Waals surface area contributed by atoms with Crippen LogP contribution in [0.15, 0.2) is 12.7 Å². The summed E-state index contributed by atoms with van der Waals surface area (Å²) in [5.74, 6) is 0.286. The number of hydrogen-bond acceptors (Lipinski definition) is 9. The zero-order valence-corrected chi connectivity index (χ0v) is 37.8. The molecular weight excluding hydrogens is 687 g/mol. The molecule has 1 N–H and O–H groups in total. The lowest BCUT2D eigenvalue weighted by Gasteiger charge is -2.44. The third-order valence-electron chi connectivity index (χ3n) is 11.1. The van der Waals surface area contributed by atoms with Crippen LogP contribution in [0.25, 0.3) is 11.2 Å². The summed E-state index contributed by atoms with van der Waals surface area (Å²) in [5, 5.41) is 2.74. The maximum atomic E-state index is 12.8. The van der Waals surface area contributed by atoms with Crippen molar-refractivity contribution in [3.05, 3.63) is 12.7 Å². The van der Waals surface area contributed by atoms with Crippen molar-refractivity contribution < 1.29 is 27.5 Å². The molecule has 2 aromatic heterocycles. The first-order valence-electron chi connectivity index (χ1n) is 17.7. The maximum Gasteiger partial charge on any atom is 0.412 e. The van der Waals surface area contributed by atoms with E-state index >= 15 is 0 Å². The molecule has 2 aromatic rings. The molecule has 4 atom stereocenters. The average molecular weight is 754 g/mol. The Balaban J connectivity index is 2.10. The van der Waals surface area contributed by atoms with Crippen LogP contribution >= 0.6 is 0 Å². The van der Waals surface area contributed by atoms with Crippen molar-refractivity contribution in [3.8, 4) is 0 Å². The van der Waals surface area contributed by atoms with E-state index in [1.165, 1.54) is 6.33 Å². The second-order valence-electron chi connectivity index (χ2n) is 19.4. The fourth-order valence-electron chi connectivity index (χ4n) is 4.59. The Morgan fingerprint density at radius 1 is 0.796 bits per heavy atom. The van der Waals surface area contributed by atoms with Gasteiger partial charge in [0.1, 0.15) is 24.6 Å². The Hall–Kier alpha value is -1.47. The average Bonchev–Trinajstić information content (AvgIpc) is 3.46. The molecule has 1 aliphatic rings. The first kappa shape index (κ1) is 41.9. The minimum atomic E-state index is -2.35. The van der Waals surface area contributed by atoms with Gasteiger partial charge in [0.05, 0.1) is 19.5 Å². The Labute approximate surface area is 300 Å². The van der Waals surface area contributed by atoms with Crippen molar-refractivity contribution in [2.75, 3.05) is 18.5 Å². The molecule has 3 rings (SSSR count). The van der Waals surface area contributed by atoms with E-state index < -0.39 is 51.5 Å². The van der Waals surface area contributed by atoms with Crippen LogP contribution in [0.1, 0.15) is 68.5 Å². The molecule has 11 nitrogen and oxygen atoms in total. The van der Waals surface area contributed by atoms with Crippen LogP contribution < -0.4 is 5.32 Å². The van der Waals surface area contributed by atoms with Crippen molar-refractivity contribution in [2.24, 2.45) is 0 Å². The van der Waals surface area contributed by atoms with Gasteiger partial charge in [-0.25, -0.2) is 19.7 Å². The van der Waals surface area contributed by atoms with Crippen LogP contribution in [0, 0.1) is 0 Å². The summed E-state index contributed by atoms with van der Waals surface area (Å²) in [6.07, 6.45) is 0.734. The topological polar surface area (TPSA) is 119 Å². The van der Waals surface area contributed by atoms with Crippen LogP contribution in [0.3, 0.4) is 0 Å². The van der Waals surface area contributed by atoms with Crippen LogP contribution in [-0.4, -0.2) is 90.2 Å². The highest BCUT2D eigenvalue weighted by Crippen LogP contribution is 2.47. The van der Waals surface area contributed by atoms with Gasteiger partial charge >= 0.3 is 6.09 Å². The number of nitrogens with one attached hydrogen (secondary N) is 1. The van der Waals surface area contributed by atoms with Gasteiger partial charge in [0.2, 0.25) is 0 Å². The van der Waals surface area contributed by atoms with Crippen molar-refractivity contribution in [3.63, 3.8) is 0 Å². The number of carbonyl (C=O) groups is 1. The first-order chi connectivity index (χ1) is 22.0. The quantitative estimate of drug-likeness (QED) is 0.212. The van der Waals surface area contributed by atoms with Crippen LogP contribution in [-0.2, 0) is 22.8 Å². The Kier molecular flexibility index (Phi) is 12.4. The van der Waals surface area contributed by atoms with Gasteiger partial charge in [0.15, 0.2) is 48.2 Å². The molecule has 0 aliphatic carbocycles. The molecule has 49 heavy (non-hydrogen) atoms. The van der Waals surface area contributed by atoms with E-state index in [4.69, 9.17) is 27.7 Å². The van der Waals surface area contributed by atoms with E-state index in [1.54, 1.807) is 6.33 Å². The van der Waals surface area contributed by atoms with Crippen LogP contribution in [0.2, 0.25) is 80.1 Å². The lowest BCUT2D eigenvalue weighted by atomic mass is 10.1. The molecule has 0 spiro atoms. The van der Waals surface area contributed by atoms with E-state index in [9.17, 15) is 4.79 Å². The van der Waals surface area contributed by atoms with Gasteiger partial charge in [-0.1, -0.05) is 82.0 Å². The van der Waals surface area contributed by atoms with Gasteiger partial charge in [0, 0.05) is 8.07 Å². The molecule has 1 amide bonds. The first-order valence-corrected chi connectivity index (χ1v) is 30.2. The number of anilines is 1. The largest absolute Gasteiger partial charge is 0.450 e. The smallest absolute Gasteiger partial charge is 0.412 e. The number of imidazole rings is 1. The van der Waals surface area contributed by atoms with Crippen LogP contribution in [0.5, 0.6) is 0 Å². The molecule has 0 radical (unpaired) electrons. The predicted molar refractivity (Wildman–Crippen MR) is 210 cm³/mol. The standard InChI is InChI=1S/C34H67N5O6Si4/c1-32(2,3)47(13,14)42-21-24-26(44-48(15,16)33(4,5)6)27(45-49(17,18)34(7,8)9)30(43-24)39-23-37-25-28(35-22-36-29(25)39)38-31(40)41-19-20-46(10,11)12/h22-24,26-27,30H,19-21H2,1-18H3,(H,35,36,38,40)/t24-,26-,27-,30-/m1/s1. The number of hydrogen-bond donors (Lipinski definition) is 1. The summed E-state index contributed by atoms with van der Waals surface area (Å²) < 4.78 is 35.8. The molecule has 0 bridgehead atoms. The summed E-state index contributed by atoms with van der Waals surface area (Å²) in [6.45, 7) is 41.3. The highest BCUT2D eigenvalue weighted by atomic mass is 28.4. The molecule has 1 aliphatic heterocycles. The fraction of sp³-hybridized carbons (Fsp3) is 0.824. The molecule has 0 saturated carbocycles. The van der Waals surface area contributed by atoms with Gasteiger partial charge < -0.3 is 22.8 Å². The predicted octanol–water partition coefficient (Wildman–Crippen LogP) is 9.41. The van der Waals surface area contributed by atoms with Gasteiger partial charge in [-0.05, 0) is 60.4 Å². The lowest BCUT2D eigenvalue weighted by Crippen LogP contribution is -2.54. The number of ether oxygens (including phenoxy) is 2. The number of fused-ring (bicyclic) bond motifs is 1. The summed E-state index contributed by atoms with van der Waals surface area (Å²) >= 11 is 0. The van der Waals surface area contributed by atoms with Gasteiger partial charge in [-0.15, -0.1) is 0 Å². The molecular formula is C34H67N5O6Si4.